The molecule has 0 bridgehead atoms. The number of phenols is 1. The van der Waals surface area contributed by atoms with E-state index in [0.29, 0.717) is 17.1 Å². The van der Waals surface area contributed by atoms with Crippen molar-refractivity contribution in [3.05, 3.63) is 71.3 Å². The second-order valence-electron chi connectivity index (χ2n) is 12.0. The van der Waals surface area contributed by atoms with Crippen molar-refractivity contribution in [2.75, 3.05) is 36.4 Å². The third-order valence-corrected chi connectivity index (χ3v) is 8.41. The Hall–Kier alpha value is -3.39. The first kappa shape index (κ1) is 28.1. The molecule has 8 nitrogen and oxygen atoms in total. The van der Waals surface area contributed by atoms with Gasteiger partial charge in [-0.05, 0) is 79.5 Å². The number of benzene rings is 1. The zero-order chi connectivity index (χ0) is 28.1. The van der Waals surface area contributed by atoms with E-state index >= 15 is 0 Å². The number of carbonyl (C=O) groups is 1. The average Bonchev–Trinajstić information content (AvgIpc) is 3.73. The van der Waals surface area contributed by atoms with Crippen LogP contribution in [0.25, 0.3) is 0 Å². The van der Waals surface area contributed by atoms with E-state index in [4.69, 9.17) is 11.6 Å². The van der Waals surface area contributed by atoms with Gasteiger partial charge in [-0.2, -0.15) is 0 Å². The van der Waals surface area contributed by atoms with Gasteiger partial charge >= 0.3 is 0 Å². The Morgan fingerprint density at radius 3 is 2.52 bits per heavy atom. The summed E-state index contributed by atoms with van der Waals surface area (Å²) in [6.07, 6.45) is 10.9. The highest BCUT2D eigenvalue weighted by atomic mass is 35.5. The predicted molar refractivity (Wildman–Crippen MR) is 159 cm³/mol. The quantitative estimate of drug-likeness (QED) is 0.280. The van der Waals surface area contributed by atoms with Crippen LogP contribution < -0.4 is 15.5 Å². The highest BCUT2D eigenvalue weighted by molar-refractivity contribution is 6.30. The number of carbonyl (C=O) groups excluding carboxylic acids is 1. The lowest BCUT2D eigenvalue weighted by molar-refractivity contribution is 0.0933. The van der Waals surface area contributed by atoms with Crippen molar-refractivity contribution in [2.24, 2.45) is 23.2 Å². The summed E-state index contributed by atoms with van der Waals surface area (Å²) >= 11 is 5.92. The SMILES string of the molecule is CC(C)(CNC(=O)c1ccccc1O)Cc1ccc(NCC[C@@H]2C[C@@H]2C2CCN(c3ncc(Cl)cn3)CC2)cn1. The van der Waals surface area contributed by atoms with Crippen LogP contribution in [0.1, 0.15) is 55.6 Å². The molecule has 1 aliphatic heterocycles. The molecule has 3 aromatic rings. The maximum Gasteiger partial charge on any atom is 0.255 e. The Labute approximate surface area is 241 Å². The summed E-state index contributed by atoms with van der Waals surface area (Å²) in [5, 5.41) is 17.0. The van der Waals surface area contributed by atoms with Crippen molar-refractivity contribution in [3.8, 4) is 5.75 Å². The molecular formula is C31H39ClN6O2. The van der Waals surface area contributed by atoms with Gasteiger partial charge in [0.1, 0.15) is 5.75 Å². The minimum Gasteiger partial charge on any atom is -0.507 e. The van der Waals surface area contributed by atoms with E-state index in [2.05, 4.69) is 56.5 Å². The summed E-state index contributed by atoms with van der Waals surface area (Å²) in [4.78, 5) is 28.1. The summed E-state index contributed by atoms with van der Waals surface area (Å²) < 4.78 is 0. The average molecular weight is 563 g/mol. The van der Waals surface area contributed by atoms with Crippen LogP contribution in [0.4, 0.5) is 11.6 Å². The molecule has 2 atom stereocenters. The fourth-order valence-corrected chi connectivity index (χ4v) is 5.94. The number of aromatic hydroxyl groups is 1. The van der Waals surface area contributed by atoms with E-state index < -0.39 is 0 Å². The molecule has 3 heterocycles. The lowest BCUT2D eigenvalue weighted by Gasteiger charge is -2.32. The Morgan fingerprint density at radius 2 is 1.82 bits per heavy atom. The zero-order valence-electron chi connectivity index (χ0n) is 23.3. The number of nitrogens with one attached hydrogen (secondary N) is 2. The molecule has 2 aliphatic rings. The van der Waals surface area contributed by atoms with E-state index in [0.717, 1.165) is 61.1 Å². The molecule has 1 saturated heterocycles. The van der Waals surface area contributed by atoms with Gasteiger partial charge in [0.15, 0.2) is 0 Å². The molecular weight excluding hydrogens is 524 g/mol. The normalized spacial score (nSPS) is 19.3. The minimum absolute atomic E-state index is 0.00845. The number of rotatable bonds is 11. The highest BCUT2D eigenvalue weighted by Crippen LogP contribution is 2.49. The first-order valence-electron chi connectivity index (χ1n) is 14.2. The lowest BCUT2D eigenvalue weighted by atomic mass is 9.87. The van der Waals surface area contributed by atoms with E-state index in [9.17, 15) is 9.90 Å². The van der Waals surface area contributed by atoms with Gasteiger partial charge in [-0.25, -0.2) is 9.97 Å². The summed E-state index contributed by atoms with van der Waals surface area (Å²) in [6, 6.07) is 10.7. The summed E-state index contributed by atoms with van der Waals surface area (Å²) in [6.45, 7) is 7.69. The number of aromatic nitrogens is 3. The Morgan fingerprint density at radius 1 is 1.07 bits per heavy atom. The molecule has 0 radical (unpaired) electrons. The van der Waals surface area contributed by atoms with Crippen molar-refractivity contribution in [2.45, 2.75) is 46.0 Å². The van der Waals surface area contributed by atoms with Gasteiger partial charge in [0.05, 0.1) is 34.9 Å². The fraction of sp³-hybridized carbons (Fsp3) is 0.484. The molecule has 5 rings (SSSR count). The molecule has 1 saturated carbocycles. The van der Waals surface area contributed by atoms with E-state index in [1.165, 1.54) is 31.7 Å². The second-order valence-corrected chi connectivity index (χ2v) is 12.4. The van der Waals surface area contributed by atoms with Crippen LogP contribution in [0.15, 0.2) is 55.0 Å². The molecule has 40 heavy (non-hydrogen) atoms. The smallest absolute Gasteiger partial charge is 0.255 e. The van der Waals surface area contributed by atoms with Crippen molar-refractivity contribution in [1.82, 2.24) is 20.3 Å². The summed E-state index contributed by atoms with van der Waals surface area (Å²) in [5.74, 6) is 2.99. The Kier molecular flexibility index (Phi) is 8.74. The van der Waals surface area contributed by atoms with E-state index in [1.54, 1.807) is 30.6 Å². The summed E-state index contributed by atoms with van der Waals surface area (Å²) in [7, 11) is 0. The van der Waals surface area contributed by atoms with Crippen molar-refractivity contribution < 1.29 is 9.90 Å². The number of hydrogen-bond donors (Lipinski definition) is 3. The first-order chi connectivity index (χ1) is 19.3. The second kappa shape index (κ2) is 12.4. The number of piperidine rings is 1. The van der Waals surface area contributed by atoms with Gasteiger partial charge in [0, 0.05) is 31.9 Å². The molecule has 2 fully saturated rings. The molecule has 1 aliphatic carbocycles. The number of nitrogens with zero attached hydrogens (tertiary/aromatic N) is 4. The number of halogens is 1. The molecule has 212 valence electrons. The fourth-order valence-electron chi connectivity index (χ4n) is 5.85. The van der Waals surface area contributed by atoms with Gasteiger partial charge in [-0.15, -0.1) is 0 Å². The van der Waals surface area contributed by atoms with E-state index in [1.807, 2.05) is 6.20 Å². The largest absolute Gasteiger partial charge is 0.507 e. The monoisotopic (exact) mass is 562 g/mol. The predicted octanol–water partition coefficient (Wildman–Crippen LogP) is 5.58. The molecule has 9 heteroatoms. The van der Waals surface area contributed by atoms with Gasteiger partial charge in [0.25, 0.3) is 5.91 Å². The van der Waals surface area contributed by atoms with Crippen LogP contribution in [0.3, 0.4) is 0 Å². The minimum atomic E-state index is -0.269. The third kappa shape index (κ3) is 7.42. The molecule has 1 aromatic carbocycles. The zero-order valence-corrected chi connectivity index (χ0v) is 24.1. The number of para-hydroxylation sites is 1. The molecule has 0 unspecified atom stereocenters. The van der Waals surface area contributed by atoms with Crippen molar-refractivity contribution in [3.63, 3.8) is 0 Å². The maximum atomic E-state index is 12.4. The van der Waals surface area contributed by atoms with Gasteiger partial charge < -0.3 is 20.6 Å². The number of hydrogen-bond acceptors (Lipinski definition) is 7. The maximum absolute atomic E-state index is 12.4. The van der Waals surface area contributed by atoms with Crippen LogP contribution in [0, 0.1) is 23.2 Å². The van der Waals surface area contributed by atoms with Crippen LogP contribution in [-0.4, -0.2) is 52.1 Å². The lowest BCUT2D eigenvalue weighted by Crippen LogP contribution is -2.35. The Balaban J connectivity index is 0.995. The Bertz CT molecular complexity index is 1280. The number of pyridine rings is 1. The van der Waals surface area contributed by atoms with Crippen molar-refractivity contribution >= 4 is 29.1 Å². The molecule has 2 aromatic heterocycles. The number of anilines is 2. The highest BCUT2D eigenvalue weighted by Gasteiger charge is 2.43. The van der Waals surface area contributed by atoms with Crippen LogP contribution >= 0.6 is 11.6 Å². The number of amides is 1. The summed E-state index contributed by atoms with van der Waals surface area (Å²) in [5.41, 5.74) is 2.15. The van der Waals surface area contributed by atoms with Crippen LogP contribution in [0.5, 0.6) is 5.75 Å². The molecule has 3 N–H and O–H groups in total. The van der Waals surface area contributed by atoms with Gasteiger partial charge in [-0.3, -0.25) is 9.78 Å². The first-order valence-corrected chi connectivity index (χ1v) is 14.6. The standard InChI is InChI=1S/C31H39ClN6O2/c1-31(2,20-37-29(40)26-5-3-4-6-28(26)39)16-24-7-8-25(19-34-24)33-12-9-22-15-27(22)21-10-13-38(14-11-21)30-35-17-23(32)18-36-30/h3-8,17-19,21-22,27,33,39H,9-16,20H2,1-2H3,(H,37,40)/t22-,27-/m1/s1. The molecule has 1 amide bonds. The molecule has 0 spiro atoms. The van der Waals surface area contributed by atoms with Gasteiger partial charge in [-0.1, -0.05) is 37.6 Å². The van der Waals surface area contributed by atoms with E-state index in [-0.39, 0.29) is 17.1 Å². The van der Waals surface area contributed by atoms with Crippen molar-refractivity contribution in [1.29, 1.82) is 0 Å². The number of phenolic OH excluding ortho intramolecular Hbond substituents is 1. The van der Waals surface area contributed by atoms with Gasteiger partial charge in [0.2, 0.25) is 5.95 Å². The van der Waals surface area contributed by atoms with Crippen LogP contribution in [0.2, 0.25) is 5.02 Å². The van der Waals surface area contributed by atoms with Crippen LogP contribution in [-0.2, 0) is 6.42 Å². The third-order valence-electron chi connectivity index (χ3n) is 8.22. The topological polar surface area (TPSA) is 103 Å².